The molecule has 0 heterocycles. The van der Waals surface area contributed by atoms with Crippen molar-refractivity contribution in [3.05, 3.63) is 12.2 Å². The van der Waals surface area contributed by atoms with Crippen molar-refractivity contribution in [2.24, 2.45) is 0 Å². The number of hydrogen-bond donors (Lipinski definition) is 1. The third-order valence-electron chi connectivity index (χ3n) is 1.45. The summed E-state index contributed by atoms with van der Waals surface area (Å²) in [5.74, 6) is -0.540. The van der Waals surface area contributed by atoms with E-state index >= 15 is 0 Å². The Bertz CT molecular complexity index is 224. The van der Waals surface area contributed by atoms with Crippen molar-refractivity contribution in [3.63, 3.8) is 0 Å². The van der Waals surface area contributed by atoms with Crippen molar-refractivity contribution < 1.29 is 24.2 Å². The van der Waals surface area contributed by atoms with Gasteiger partial charge >= 0.3 is 5.97 Å². The maximum atomic E-state index is 10.9. The standard InChI is InChI=1S/C10H16O5/c1-8(2)10(13)15-7-9(12)6-14-5-3-4-11/h4,9,12H,1,3,5-7H2,2H3. The Morgan fingerprint density at radius 2 is 2.20 bits per heavy atom. The lowest BCUT2D eigenvalue weighted by Gasteiger charge is -2.11. The number of aliphatic hydroxyl groups is 1. The zero-order chi connectivity index (χ0) is 11.7. The highest BCUT2D eigenvalue weighted by Gasteiger charge is 2.09. The molecule has 1 atom stereocenters. The van der Waals surface area contributed by atoms with Gasteiger partial charge in [0.25, 0.3) is 0 Å². The molecular weight excluding hydrogens is 200 g/mol. The summed E-state index contributed by atoms with van der Waals surface area (Å²) in [5, 5.41) is 9.26. The van der Waals surface area contributed by atoms with E-state index in [0.29, 0.717) is 0 Å². The van der Waals surface area contributed by atoms with Crippen molar-refractivity contribution in [3.8, 4) is 0 Å². The van der Waals surface area contributed by atoms with Gasteiger partial charge in [-0.3, -0.25) is 0 Å². The molecule has 0 saturated heterocycles. The molecule has 5 heteroatoms. The molecule has 0 saturated carbocycles. The van der Waals surface area contributed by atoms with E-state index in [1.807, 2.05) is 0 Å². The lowest BCUT2D eigenvalue weighted by atomic mass is 10.3. The van der Waals surface area contributed by atoms with Crippen LogP contribution in [0.5, 0.6) is 0 Å². The molecule has 0 amide bonds. The van der Waals surface area contributed by atoms with Crippen LogP contribution < -0.4 is 0 Å². The second-order valence-electron chi connectivity index (χ2n) is 3.06. The van der Waals surface area contributed by atoms with E-state index in [1.165, 1.54) is 6.92 Å². The molecule has 0 spiro atoms. The van der Waals surface area contributed by atoms with Crippen molar-refractivity contribution in [2.45, 2.75) is 19.4 Å². The molecule has 1 N–H and O–H groups in total. The molecule has 0 radical (unpaired) electrons. The molecule has 0 aliphatic carbocycles. The normalized spacial score (nSPS) is 11.9. The molecule has 86 valence electrons. The smallest absolute Gasteiger partial charge is 0.333 e. The van der Waals surface area contributed by atoms with Crippen molar-refractivity contribution in [1.82, 2.24) is 0 Å². The Morgan fingerprint density at radius 1 is 1.53 bits per heavy atom. The Labute approximate surface area is 88.7 Å². The number of rotatable bonds is 8. The first-order valence-corrected chi connectivity index (χ1v) is 4.60. The summed E-state index contributed by atoms with van der Waals surface area (Å²) in [6, 6.07) is 0. The second-order valence-corrected chi connectivity index (χ2v) is 3.06. The lowest BCUT2D eigenvalue weighted by molar-refractivity contribution is -0.143. The molecule has 0 fully saturated rings. The summed E-state index contributed by atoms with van der Waals surface area (Å²) in [4.78, 5) is 20.8. The lowest BCUT2D eigenvalue weighted by Crippen LogP contribution is -2.24. The number of ether oxygens (including phenoxy) is 2. The van der Waals surface area contributed by atoms with Crippen LogP contribution in [0.15, 0.2) is 12.2 Å². The molecule has 0 aromatic rings. The van der Waals surface area contributed by atoms with Crippen LogP contribution in [-0.2, 0) is 19.1 Å². The van der Waals surface area contributed by atoms with Crippen molar-refractivity contribution in [2.75, 3.05) is 19.8 Å². The van der Waals surface area contributed by atoms with Gasteiger partial charge in [0.2, 0.25) is 0 Å². The third kappa shape index (κ3) is 7.84. The first-order valence-electron chi connectivity index (χ1n) is 4.60. The molecule has 0 aromatic heterocycles. The van der Waals surface area contributed by atoms with E-state index in [1.54, 1.807) is 0 Å². The molecule has 0 aliphatic heterocycles. The summed E-state index contributed by atoms with van der Waals surface area (Å²) in [7, 11) is 0. The Hall–Kier alpha value is -1.20. The van der Waals surface area contributed by atoms with Crippen LogP contribution in [0.3, 0.4) is 0 Å². The Balaban J connectivity index is 3.48. The number of aldehydes is 1. The van der Waals surface area contributed by atoms with Gasteiger partial charge in [-0.15, -0.1) is 0 Å². The SMILES string of the molecule is C=C(C)C(=O)OCC(O)COCCC=O. The zero-order valence-corrected chi connectivity index (χ0v) is 8.77. The van der Waals surface area contributed by atoms with Crippen LogP contribution >= 0.6 is 0 Å². The first kappa shape index (κ1) is 13.8. The van der Waals surface area contributed by atoms with Crippen LogP contribution in [0, 0.1) is 0 Å². The first-order chi connectivity index (χ1) is 7.07. The highest BCUT2D eigenvalue weighted by atomic mass is 16.5. The van der Waals surface area contributed by atoms with Gasteiger partial charge in [-0.05, 0) is 6.92 Å². The van der Waals surface area contributed by atoms with Crippen molar-refractivity contribution >= 4 is 12.3 Å². The molecular formula is C10H16O5. The van der Waals surface area contributed by atoms with Crippen molar-refractivity contribution in [1.29, 1.82) is 0 Å². The number of aliphatic hydroxyl groups excluding tert-OH is 1. The van der Waals surface area contributed by atoms with E-state index in [0.717, 1.165) is 6.29 Å². The predicted octanol–water partition coefficient (Wildman–Crippen LogP) is 0.0722. The van der Waals surface area contributed by atoms with Crippen LogP contribution in [0.4, 0.5) is 0 Å². The summed E-state index contributed by atoms with van der Waals surface area (Å²) >= 11 is 0. The minimum Gasteiger partial charge on any atom is -0.460 e. The van der Waals surface area contributed by atoms with Gasteiger partial charge in [0.05, 0.1) is 13.2 Å². The van der Waals surface area contributed by atoms with Gasteiger partial charge in [0.15, 0.2) is 0 Å². The van der Waals surface area contributed by atoms with Gasteiger partial charge in [0, 0.05) is 12.0 Å². The Morgan fingerprint density at radius 3 is 2.73 bits per heavy atom. The van der Waals surface area contributed by atoms with Crippen LogP contribution in [0.25, 0.3) is 0 Å². The largest absolute Gasteiger partial charge is 0.460 e. The number of carbonyl (C=O) groups is 2. The minimum atomic E-state index is -0.875. The van der Waals surface area contributed by atoms with E-state index in [-0.39, 0.29) is 31.8 Å². The van der Waals surface area contributed by atoms with Crippen LogP contribution in [-0.4, -0.2) is 43.3 Å². The summed E-state index contributed by atoms with van der Waals surface area (Å²) in [6.07, 6.45) is 0.145. The van der Waals surface area contributed by atoms with Gasteiger partial charge in [-0.2, -0.15) is 0 Å². The Kier molecular flexibility index (Phi) is 7.49. The van der Waals surface area contributed by atoms with E-state index in [9.17, 15) is 14.7 Å². The average molecular weight is 216 g/mol. The second kappa shape index (κ2) is 8.14. The fraction of sp³-hybridized carbons (Fsp3) is 0.600. The molecule has 1 unspecified atom stereocenters. The van der Waals surface area contributed by atoms with Gasteiger partial charge in [0.1, 0.15) is 19.0 Å². The van der Waals surface area contributed by atoms with Gasteiger partial charge < -0.3 is 19.4 Å². The van der Waals surface area contributed by atoms with Crippen LogP contribution in [0.2, 0.25) is 0 Å². The maximum Gasteiger partial charge on any atom is 0.333 e. The quantitative estimate of drug-likeness (QED) is 0.269. The highest BCUT2D eigenvalue weighted by Crippen LogP contribution is 1.95. The number of esters is 1. The van der Waals surface area contributed by atoms with E-state index < -0.39 is 12.1 Å². The maximum absolute atomic E-state index is 10.9. The summed E-state index contributed by atoms with van der Waals surface area (Å²) in [5.41, 5.74) is 0.282. The topological polar surface area (TPSA) is 72.8 Å². The number of carbonyl (C=O) groups excluding carboxylic acids is 2. The van der Waals surface area contributed by atoms with Gasteiger partial charge in [-0.25, -0.2) is 4.79 Å². The molecule has 5 nitrogen and oxygen atoms in total. The molecule has 0 aromatic carbocycles. The minimum absolute atomic E-state index is 0.0390. The van der Waals surface area contributed by atoms with E-state index in [2.05, 4.69) is 11.3 Å². The monoisotopic (exact) mass is 216 g/mol. The molecule has 15 heavy (non-hydrogen) atoms. The van der Waals surface area contributed by atoms with E-state index in [4.69, 9.17) is 4.74 Å². The fourth-order valence-electron chi connectivity index (χ4n) is 0.694. The summed E-state index contributed by atoms with van der Waals surface area (Å²) < 4.78 is 9.62. The van der Waals surface area contributed by atoms with Gasteiger partial charge in [-0.1, -0.05) is 6.58 Å². The average Bonchev–Trinajstić information content (AvgIpc) is 2.20. The fourth-order valence-corrected chi connectivity index (χ4v) is 0.694. The highest BCUT2D eigenvalue weighted by molar-refractivity contribution is 5.86. The zero-order valence-electron chi connectivity index (χ0n) is 8.77. The molecule has 0 aliphatic rings. The van der Waals surface area contributed by atoms with Crippen LogP contribution in [0.1, 0.15) is 13.3 Å². The molecule has 0 bridgehead atoms. The summed E-state index contributed by atoms with van der Waals surface area (Å²) in [6.45, 7) is 5.08. The number of hydrogen-bond acceptors (Lipinski definition) is 5. The third-order valence-corrected chi connectivity index (χ3v) is 1.45. The molecule has 0 rings (SSSR count). The predicted molar refractivity (Wildman–Crippen MR) is 53.3 cm³/mol.